The van der Waals surface area contributed by atoms with Gasteiger partial charge < -0.3 is 41.5 Å². The zero-order valence-electron chi connectivity index (χ0n) is 28.0. The third-order valence-corrected chi connectivity index (χ3v) is 11.8. The van der Waals surface area contributed by atoms with Crippen molar-refractivity contribution in [2.75, 3.05) is 31.2 Å². The maximum absolute atomic E-state index is 14.3. The third-order valence-electron chi connectivity index (χ3n) is 9.59. The van der Waals surface area contributed by atoms with Gasteiger partial charge in [0.1, 0.15) is 18.3 Å². The fraction of sp³-hybridized carbons (Fsp3) is 0.906. The molecule has 8 unspecified atom stereocenters. The van der Waals surface area contributed by atoms with Crippen molar-refractivity contribution in [3.8, 4) is 0 Å². The molecule has 254 valence electrons. The summed E-state index contributed by atoms with van der Waals surface area (Å²) < 4.78 is 0. The standard InChI is InChI=1S/C32H63N3O7S/c1-9-31(8,10-2)35-24(15-14-22(7)30(42)33-18-25(37)27(39)28(40)26(38)19-36)29(41)32(11-3,12-4)34-17-21(6)16-23-20-43(23)13-5/h21-22,24-28,34-40H,9-20H2,1-8H3,(H,33,42). The predicted octanol–water partition coefficient (Wildman–Crippen LogP) is 1.71. The molecular weight excluding hydrogens is 570 g/mol. The average Bonchev–Trinajstić information content (AvgIpc) is 3.78. The number of Topliss-reactive ketones (excluding diaryl/α,β-unsaturated/α-hetero) is 1. The van der Waals surface area contributed by atoms with E-state index in [4.69, 9.17) is 5.11 Å². The first-order chi connectivity index (χ1) is 20.2. The number of hydrogen-bond acceptors (Lipinski definition) is 9. The molecule has 43 heavy (non-hydrogen) atoms. The fourth-order valence-corrected chi connectivity index (χ4v) is 7.33. The van der Waals surface area contributed by atoms with Crippen molar-refractivity contribution in [1.29, 1.82) is 0 Å². The highest BCUT2D eigenvalue weighted by Crippen LogP contribution is 2.34. The smallest absolute Gasteiger partial charge is 0.222 e. The van der Waals surface area contributed by atoms with E-state index in [9.17, 15) is 30.0 Å². The van der Waals surface area contributed by atoms with Gasteiger partial charge in [0.2, 0.25) is 5.91 Å². The Kier molecular flexibility index (Phi) is 17.6. The number of aliphatic hydroxyl groups excluding tert-OH is 5. The second-order valence-electron chi connectivity index (χ2n) is 12.8. The summed E-state index contributed by atoms with van der Waals surface area (Å²) in [4.78, 5) is 28.9. The van der Waals surface area contributed by atoms with Gasteiger partial charge in [0.15, 0.2) is 5.78 Å². The molecule has 1 aliphatic heterocycles. The quantitative estimate of drug-likeness (QED) is 0.0737. The van der Waals surface area contributed by atoms with Crippen LogP contribution in [0, 0.1) is 11.8 Å². The van der Waals surface area contributed by atoms with E-state index < -0.39 is 48.5 Å². The van der Waals surface area contributed by atoms with Gasteiger partial charge in [-0.15, -0.1) is 0 Å². The van der Waals surface area contributed by atoms with Crippen molar-refractivity contribution in [3.63, 3.8) is 0 Å². The first-order valence-electron chi connectivity index (χ1n) is 16.4. The number of amides is 1. The van der Waals surface area contributed by atoms with Gasteiger partial charge in [0, 0.05) is 23.8 Å². The maximum Gasteiger partial charge on any atom is 0.222 e. The fourth-order valence-electron chi connectivity index (χ4n) is 5.50. The molecule has 0 radical (unpaired) electrons. The SMILES string of the molecule is CCS1=C(CC(C)CNC(CC)(CC)C(=O)C(CCC(C)C(=O)NCC(O)C(O)C(O)C(O)CO)NC(C)(CC)CC)C1. The van der Waals surface area contributed by atoms with E-state index in [1.807, 2.05) is 0 Å². The molecule has 1 rings (SSSR count). The molecule has 10 nitrogen and oxygen atoms in total. The maximum atomic E-state index is 14.3. The highest BCUT2D eigenvalue weighted by atomic mass is 32.2. The molecule has 0 bridgehead atoms. The molecule has 0 fully saturated rings. The van der Waals surface area contributed by atoms with Crippen LogP contribution in [-0.2, 0) is 9.59 Å². The van der Waals surface area contributed by atoms with E-state index in [1.54, 1.807) is 11.8 Å². The Labute approximate surface area is 262 Å². The molecule has 0 aromatic carbocycles. The van der Waals surface area contributed by atoms with Crippen molar-refractivity contribution in [1.82, 2.24) is 16.0 Å². The van der Waals surface area contributed by atoms with Gasteiger partial charge in [-0.1, -0.05) is 48.5 Å². The van der Waals surface area contributed by atoms with Crippen molar-refractivity contribution >= 4 is 27.0 Å². The molecular formula is C32H63N3O7S. The summed E-state index contributed by atoms with van der Waals surface area (Å²) >= 11 is 0. The Bertz CT molecular complexity index is 894. The van der Waals surface area contributed by atoms with Gasteiger partial charge in [0.05, 0.1) is 24.3 Å². The van der Waals surface area contributed by atoms with E-state index in [2.05, 4.69) is 64.4 Å². The molecule has 0 spiro atoms. The van der Waals surface area contributed by atoms with Gasteiger partial charge in [-0.3, -0.25) is 9.59 Å². The second-order valence-corrected chi connectivity index (χ2v) is 15.2. The number of nitrogens with one attached hydrogen (secondary N) is 3. The number of carbonyl (C=O) groups excluding carboxylic acids is 2. The summed E-state index contributed by atoms with van der Waals surface area (Å²) in [6, 6.07) is -0.450. The third kappa shape index (κ3) is 12.1. The molecule has 11 heteroatoms. The lowest BCUT2D eigenvalue weighted by Crippen LogP contribution is -2.61. The van der Waals surface area contributed by atoms with Crippen LogP contribution in [0.5, 0.6) is 0 Å². The monoisotopic (exact) mass is 633 g/mol. The van der Waals surface area contributed by atoms with E-state index in [0.717, 1.165) is 25.8 Å². The largest absolute Gasteiger partial charge is 0.394 e. The van der Waals surface area contributed by atoms with Crippen LogP contribution in [0.3, 0.4) is 0 Å². The first-order valence-corrected chi connectivity index (χ1v) is 17.9. The molecule has 0 aromatic rings. The minimum atomic E-state index is -1.76. The van der Waals surface area contributed by atoms with Crippen LogP contribution in [0.4, 0.5) is 0 Å². The zero-order chi connectivity index (χ0) is 33.0. The summed E-state index contributed by atoms with van der Waals surface area (Å²) in [7, 11) is 0.511. The zero-order valence-corrected chi connectivity index (χ0v) is 28.8. The molecule has 8 N–H and O–H groups in total. The van der Waals surface area contributed by atoms with Crippen LogP contribution >= 0.6 is 10.5 Å². The van der Waals surface area contributed by atoms with E-state index in [1.165, 1.54) is 11.5 Å². The van der Waals surface area contributed by atoms with E-state index in [0.29, 0.717) is 42.1 Å². The minimum Gasteiger partial charge on any atom is -0.394 e. The highest BCUT2D eigenvalue weighted by Gasteiger charge is 2.41. The molecule has 1 heterocycles. The lowest BCUT2D eigenvalue weighted by molar-refractivity contribution is -0.131. The highest BCUT2D eigenvalue weighted by molar-refractivity contribution is 8.24. The number of ketones is 1. The number of carbonyl (C=O) groups is 2. The Morgan fingerprint density at radius 2 is 1.47 bits per heavy atom. The lowest BCUT2D eigenvalue weighted by atomic mass is 9.80. The van der Waals surface area contributed by atoms with Crippen LogP contribution in [0.1, 0.15) is 100 Å². The van der Waals surface area contributed by atoms with Crippen molar-refractivity contribution in [2.45, 2.75) is 142 Å². The van der Waals surface area contributed by atoms with Crippen LogP contribution in [0.15, 0.2) is 0 Å². The lowest BCUT2D eigenvalue weighted by Gasteiger charge is -2.40. The molecule has 0 saturated heterocycles. The van der Waals surface area contributed by atoms with Gasteiger partial charge in [-0.2, -0.15) is 10.5 Å². The topological polar surface area (TPSA) is 171 Å². The predicted molar refractivity (Wildman–Crippen MR) is 177 cm³/mol. The van der Waals surface area contributed by atoms with Gasteiger partial charge in [-0.25, -0.2) is 0 Å². The minimum absolute atomic E-state index is 0.132. The van der Waals surface area contributed by atoms with Crippen LogP contribution in [0.25, 0.3) is 0 Å². The molecule has 0 aliphatic carbocycles. The van der Waals surface area contributed by atoms with E-state index >= 15 is 0 Å². The van der Waals surface area contributed by atoms with Crippen LogP contribution < -0.4 is 16.0 Å². The number of rotatable bonds is 24. The Hall–Kier alpha value is -0.920. The first kappa shape index (κ1) is 40.1. The van der Waals surface area contributed by atoms with Gasteiger partial charge in [-0.05, 0) is 74.9 Å². The molecule has 1 aliphatic rings. The normalized spacial score (nSPS) is 20.6. The molecule has 0 aromatic heterocycles. The number of aliphatic hydroxyl groups is 5. The molecule has 8 atom stereocenters. The number of hydrogen-bond donors (Lipinski definition) is 8. The van der Waals surface area contributed by atoms with Gasteiger partial charge in [0.25, 0.3) is 0 Å². The molecule has 0 saturated carbocycles. The van der Waals surface area contributed by atoms with Crippen molar-refractivity contribution in [2.24, 2.45) is 11.8 Å². The van der Waals surface area contributed by atoms with Crippen molar-refractivity contribution < 1.29 is 35.1 Å². The summed E-state index contributed by atoms with van der Waals surface area (Å²) in [5.74, 6) is 2.27. The van der Waals surface area contributed by atoms with Crippen LogP contribution in [0.2, 0.25) is 0 Å². The summed E-state index contributed by atoms with van der Waals surface area (Å²) in [6.45, 7) is 16.4. The summed E-state index contributed by atoms with van der Waals surface area (Å²) in [5, 5.41) is 58.4. The molecule has 1 amide bonds. The van der Waals surface area contributed by atoms with Gasteiger partial charge >= 0.3 is 0 Å². The van der Waals surface area contributed by atoms with Crippen molar-refractivity contribution in [3.05, 3.63) is 0 Å². The van der Waals surface area contributed by atoms with Crippen LogP contribution in [-0.4, -0.2) is 115 Å². The Morgan fingerprint density at radius 1 is 0.884 bits per heavy atom. The summed E-state index contributed by atoms with van der Waals surface area (Å²) in [5.41, 5.74) is -0.897. The Balaban J connectivity index is 2.94. The summed E-state index contributed by atoms with van der Waals surface area (Å²) in [6.07, 6.45) is -1.58. The van der Waals surface area contributed by atoms with E-state index in [-0.39, 0.29) is 23.8 Å². The average molecular weight is 634 g/mol. The Morgan fingerprint density at radius 3 is 1.95 bits per heavy atom. The second kappa shape index (κ2) is 18.9.